The number of amides is 1. The Bertz CT molecular complexity index is 951. The van der Waals surface area contributed by atoms with E-state index in [1.54, 1.807) is 18.3 Å². The first kappa shape index (κ1) is 17.4. The minimum Gasteiger partial charge on any atom is -0.348 e. The fourth-order valence-corrected chi connectivity index (χ4v) is 3.00. The van der Waals surface area contributed by atoms with E-state index in [1.807, 2.05) is 43.3 Å². The van der Waals surface area contributed by atoms with E-state index in [9.17, 15) is 9.59 Å². The molecule has 0 aliphatic carbocycles. The average molecular weight is 400 g/mol. The number of rotatable bonds is 5. The molecule has 1 aromatic heterocycles. The van der Waals surface area contributed by atoms with Crippen molar-refractivity contribution in [1.82, 2.24) is 15.1 Å². The Morgan fingerprint density at radius 2 is 1.92 bits per heavy atom. The van der Waals surface area contributed by atoms with Crippen molar-refractivity contribution in [1.29, 1.82) is 0 Å². The van der Waals surface area contributed by atoms with Crippen molar-refractivity contribution < 1.29 is 4.79 Å². The summed E-state index contributed by atoms with van der Waals surface area (Å²) in [4.78, 5) is 24.8. The zero-order valence-electron chi connectivity index (χ0n) is 13.8. The Balaban J connectivity index is 1.76. The lowest BCUT2D eigenvalue weighted by Crippen LogP contribution is -2.35. The monoisotopic (exact) mass is 399 g/mol. The standard InChI is InChI=1S/C19H18BrN3O2/c1-2-17(13-7-9-15(20)10-8-13)22-18(24)12-23-19(25)16-6-4-3-5-14(16)11-21-23/h3-11,17H,2,12H2,1H3,(H,22,24)/t17-/m0/s1. The third kappa shape index (κ3) is 3.96. The molecular weight excluding hydrogens is 382 g/mol. The summed E-state index contributed by atoms with van der Waals surface area (Å²) in [6, 6.07) is 15.0. The Hall–Kier alpha value is -2.47. The molecule has 1 N–H and O–H groups in total. The van der Waals surface area contributed by atoms with Gasteiger partial charge in [-0.15, -0.1) is 0 Å². The number of carbonyl (C=O) groups is 1. The Kier molecular flexibility index (Phi) is 5.28. The summed E-state index contributed by atoms with van der Waals surface area (Å²) in [6.07, 6.45) is 2.36. The molecule has 0 saturated heterocycles. The highest BCUT2D eigenvalue weighted by Gasteiger charge is 2.14. The van der Waals surface area contributed by atoms with Crippen LogP contribution >= 0.6 is 15.9 Å². The zero-order valence-corrected chi connectivity index (χ0v) is 15.4. The van der Waals surface area contributed by atoms with Gasteiger partial charge in [-0.2, -0.15) is 5.10 Å². The third-order valence-corrected chi connectivity index (χ3v) is 4.60. The Morgan fingerprint density at radius 1 is 1.20 bits per heavy atom. The number of hydrogen-bond acceptors (Lipinski definition) is 3. The minimum absolute atomic E-state index is 0.100. The maximum atomic E-state index is 12.4. The number of carbonyl (C=O) groups excluding carboxylic acids is 1. The predicted molar refractivity (Wildman–Crippen MR) is 101 cm³/mol. The molecule has 1 amide bonds. The van der Waals surface area contributed by atoms with Crippen molar-refractivity contribution in [2.75, 3.05) is 0 Å². The van der Waals surface area contributed by atoms with Gasteiger partial charge in [-0.25, -0.2) is 4.68 Å². The maximum Gasteiger partial charge on any atom is 0.275 e. The summed E-state index contributed by atoms with van der Waals surface area (Å²) in [5.41, 5.74) is 0.766. The number of aromatic nitrogens is 2. The third-order valence-electron chi connectivity index (χ3n) is 4.07. The number of hydrogen-bond donors (Lipinski definition) is 1. The minimum atomic E-state index is -0.259. The second-order valence-electron chi connectivity index (χ2n) is 5.77. The molecule has 128 valence electrons. The van der Waals surface area contributed by atoms with E-state index >= 15 is 0 Å². The molecule has 3 rings (SSSR count). The molecule has 0 aliphatic rings. The second kappa shape index (κ2) is 7.61. The van der Waals surface area contributed by atoms with Gasteiger partial charge in [0.15, 0.2) is 0 Å². The molecule has 1 heterocycles. The molecule has 0 fully saturated rings. The quantitative estimate of drug-likeness (QED) is 0.714. The fraction of sp³-hybridized carbons (Fsp3) is 0.211. The summed E-state index contributed by atoms with van der Waals surface area (Å²) in [7, 11) is 0. The molecule has 0 spiro atoms. The van der Waals surface area contributed by atoms with Crippen LogP contribution in [0.5, 0.6) is 0 Å². The van der Waals surface area contributed by atoms with Crippen LogP contribution in [0.2, 0.25) is 0 Å². The van der Waals surface area contributed by atoms with Crippen molar-refractivity contribution in [3.05, 3.63) is 75.1 Å². The van der Waals surface area contributed by atoms with Crippen LogP contribution in [0.25, 0.3) is 10.8 Å². The van der Waals surface area contributed by atoms with Gasteiger partial charge >= 0.3 is 0 Å². The summed E-state index contributed by atoms with van der Waals surface area (Å²) in [6.45, 7) is 1.91. The van der Waals surface area contributed by atoms with Crippen LogP contribution in [-0.4, -0.2) is 15.7 Å². The van der Waals surface area contributed by atoms with Gasteiger partial charge in [0.1, 0.15) is 6.54 Å². The molecular formula is C19H18BrN3O2. The molecule has 3 aromatic rings. The Labute approximate surface area is 153 Å². The smallest absolute Gasteiger partial charge is 0.275 e. The maximum absolute atomic E-state index is 12.4. The van der Waals surface area contributed by atoms with E-state index in [1.165, 1.54) is 4.68 Å². The van der Waals surface area contributed by atoms with Gasteiger partial charge in [-0.3, -0.25) is 9.59 Å². The van der Waals surface area contributed by atoms with E-state index in [4.69, 9.17) is 0 Å². The average Bonchev–Trinajstić information content (AvgIpc) is 2.63. The highest BCUT2D eigenvalue weighted by atomic mass is 79.9. The molecule has 6 heteroatoms. The largest absolute Gasteiger partial charge is 0.348 e. The van der Waals surface area contributed by atoms with Crippen LogP contribution in [-0.2, 0) is 11.3 Å². The lowest BCUT2D eigenvalue weighted by atomic mass is 10.0. The van der Waals surface area contributed by atoms with Gasteiger partial charge in [0, 0.05) is 9.86 Å². The topological polar surface area (TPSA) is 64.0 Å². The first-order chi connectivity index (χ1) is 12.1. The predicted octanol–water partition coefficient (Wildman–Crippen LogP) is 3.43. The van der Waals surface area contributed by atoms with Crippen molar-refractivity contribution in [2.24, 2.45) is 0 Å². The number of fused-ring (bicyclic) bond motifs is 1. The van der Waals surface area contributed by atoms with Gasteiger partial charge in [-0.05, 0) is 30.2 Å². The summed E-state index contributed by atoms with van der Waals surface area (Å²) < 4.78 is 2.19. The summed E-state index contributed by atoms with van der Waals surface area (Å²) >= 11 is 3.41. The summed E-state index contributed by atoms with van der Waals surface area (Å²) in [5.74, 6) is -0.236. The highest BCUT2D eigenvalue weighted by Crippen LogP contribution is 2.19. The van der Waals surface area contributed by atoms with Gasteiger partial charge < -0.3 is 5.32 Å². The first-order valence-electron chi connectivity index (χ1n) is 8.08. The van der Waals surface area contributed by atoms with Crippen LogP contribution in [0.15, 0.2) is 64.0 Å². The molecule has 1 atom stereocenters. The van der Waals surface area contributed by atoms with E-state index in [0.717, 1.165) is 21.8 Å². The number of halogens is 1. The lowest BCUT2D eigenvalue weighted by Gasteiger charge is -2.18. The fourth-order valence-electron chi connectivity index (χ4n) is 2.73. The lowest BCUT2D eigenvalue weighted by molar-refractivity contribution is -0.122. The van der Waals surface area contributed by atoms with Crippen LogP contribution in [0.4, 0.5) is 0 Å². The van der Waals surface area contributed by atoms with E-state index < -0.39 is 0 Å². The normalized spacial score (nSPS) is 12.1. The number of benzene rings is 2. The molecule has 25 heavy (non-hydrogen) atoms. The van der Waals surface area contributed by atoms with Crippen LogP contribution in [0.3, 0.4) is 0 Å². The Morgan fingerprint density at radius 3 is 2.64 bits per heavy atom. The molecule has 0 radical (unpaired) electrons. The van der Waals surface area contributed by atoms with Crippen molar-refractivity contribution >= 4 is 32.6 Å². The van der Waals surface area contributed by atoms with Crippen molar-refractivity contribution in [2.45, 2.75) is 25.9 Å². The van der Waals surface area contributed by atoms with Gasteiger partial charge in [-0.1, -0.05) is 53.2 Å². The van der Waals surface area contributed by atoms with Gasteiger partial charge in [0.25, 0.3) is 5.56 Å². The molecule has 2 aromatic carbocycles. The molecule has 0 unspecified atom stereocenters. The zero-order chi connectivity index (χ0) is 17.8. The molecule has 5 nitrogen and oxygen atoms in total. The second-order valence-corrected chi connectivity index (χ2v) is 6.69. The SMILES string of the molecule is CC[C@H](NC(=O)Cn1ncc2ccccc2c1=O)c1ccc(Br)cc1. The van der Waals surface area contributed by atoms with E-state index in [-0.39, 0.29) is 24.1 Å². The van der Waals surface area contributed by atoms with Gasteiger partial charge in [0.05, 0.1) is 17.6 Å². The van der Waals surface area contributed by atoms with E-state index in [2.05, 4.69) is 26.3 Å². The van der Waals surface area contributed by atoms with Crippen LogP contribution in [0.1, 0.15) is 24.9 Å². The highest BCUT2D eigenvalue weighted by molar-refractivity contribution is 9.10. The number of nitrogens with zero attached hydrogens (tertiary/aromatic N) is 2. The van der Waals surface area contributed by atoms with E-state index in [0.29, 0.717) is 5.39 Å². The molecule has 0 aliphatic heterocycles. The van der Waals surface area contributed by atoms with Crippen molar-refractivity contribution in [3.8, 4) is 0 Å². The van der Waals surface area contributed by atoms with Crippen LogP contribution < -0.4 is 10.9 Å². The first-order valence-corrected chi connectivity index (χ1v) is 8.87. The molecule has 0 saturated carbocycles. The van der Waals surface area contributed by atoms with Crippen LogP contribution in [0, 0.1) is 0 Å². The number of nitrogens with one attached hydrogen (secondary N) is 1. The molecule has 0 bridgehead atoms. The van der Waals surface area contributed by atoms with Gasteiger partial charge in [0.2, 0.25) is 5.91 Å². The van der Waals surface area contributed by atoms with Crippen molar-refractivity contribution in [3.63, 3.8) is 0 Å². The summed E-state index contributed by atoms with van der Waals surface area (Å²) in [5, 5.41) is 8.40.